The Kier molecular flexibility index (Phi) is 5.91. The summed E-state index contributed by atoms with van der Waals surface area (Å²) in [7, 11) is -3.54. The topological polar surface area (TPSA) is 75.3 Å². The Hall–Kier alpha value is -1.66. The zero-order valence-electron chi connectivity index (χ0n) is 11.7. The Labute approximate surface area is 120 Å². The maximum atomic E-state index is 11.8. The molecule has 1 aromatic rings. The Balaban J connectivity index is 2.78. The lowest BCUT2D eigenvalue weighted by molar-refractivity contribution is 0.0949. The molecule has 5 nitrogen and oxygen atoms in total. The van der Waals surface area contributed by atoms with E-state index in [1.807, 2.05) is 13.8 Å². The fourth-order valence-electron chi connectivity index (χ4n) is 1.44. The number of nitrogens with one attached hydrogen (secondary N) is 2. The van der Waals surface area contributed by atoms with Gasteiger partial charge in [0.05, 0.1) is 4.90 Å². The fraction of sp³-hybridized carbons (Fsp3) is 0.357. The lowest BCUT2D eigenvalue weighted by Crippen LogP contribution is -2.27. The standard InChI is InChI=1S/C14H20N2O3S/c1-4-9-16-20(18,19)13-7-5-12(6-8-13)14(17)15-10-11(2)3/h4-8,11,16H,1,9-10H2,2-3H3,(H,15,17). The molecule has 0 aliphatic heterocycles. The first-order chi connectivity index (χ1) is 9.36. The van der Waals surface area contributed by atoms with Crippen LogP contribution < -0.4 is 10.0 Å². The predicted octanol–water partition coefficient (Wildman–Crippen LogP) is 1.54. The molecular formula is C14H20N2O3S. The zero-order valence-corrected chi connectivity index (χ0v) is 12.5. The molecule has 0 spiro atoms. The summed E-state index contributed by atoms with van der Waals surface area (Å²) < 4.78 is 26.0. The summed E-state index contributed by atoms with van der Waals surface area (Å²) in [6, 6.07) is 5.82. The Morgan fingerprint density at radius 2 is 1.90 bits per heavy atom. The number of carbonyl (C=O) groups is 1. The van der Waals surface area contributed by atoms with Gasteiger partial charge in [-0.2, -0.15) is 0 Å². The van der Waals surface area contributed by atoms with E-state index in [0.717, 1.165) is 0 Å². The van der Waals surface area contributed by atoms with Gasteiger partial charge >= 0.3 is 0 Å². The van der Waals surface area contributed by atoms with Gasteiger partial charge in [0, 0.05) is 18.7 Å². The molecule has 0 aliphatic rings. The van der Waals surface area contributed by atoms with E-state index in [1.165, 1.54) is 30.3 Å². The monoisotopic (exact) mass is 296 g/mol. The second-order valence-corrected chi connectivity index (χ2v) is 6.54. The van der Waals surface area contributed by atoms with Gasteiger partial charge in [-0.3, -0.25) is 4.79 Å². The molecule has 0 saturated heterocycles. The third-order valence-corrected chi connectivity index (χ3v) is 3.95. The third-order valence-electron chi connectivity index (χ3n) is 2.52. The number of carbonyl (C=O) groups excluding carboxylic acids is 1. The summed E-state index contributed by atoms with van der Waals surface area (Å²) in [6.07, 6.45) is 1.46. The van der Waals surface area contributed by atoms with E-state index >= 15 is 0 Å². The quantitative estimate of drug-likeness (QED) is 0.749. The molecule has 0 fully saturated rings. The number of hydrogen-bond acceptors (Lipinski definition) is 3. The molecule has 0 radical (unpaired) electrons. The molecule has 0 atom stereocenters. The normalized spacial score (nSPS) is 11.3. The van der Waals surface area contributed by atoms with E-state index in [9.17, 15) is 13.2 Å². The van der Waals surface area contributed by atoms with Crippen LogP contribution in [-0.4, -0.2) is 27.4 Å². The molecule has 1 rings (SSSR count). The van der Waals surface area contributed by atoms with E-state index in [0.29, 0.717) is 18.0 Å². The highest BCUT2D eigenvalue weighted by Gasteiger charge is 2.13. The van der Waals surface area contributed by atoms with E-state index in [4.69, 9.17) is 0 Å². The van der Waals surface area contributed by atoms with Crippen molar-refractivity contribution >= 4 is 15.9 Å². The van der Waals surface area contributed by atoms with Gasteiger partial charge in [-0.25, -0.2) is 13.1 Å². The SMILES string of the molecule is C=CCNS(=O)(=O)c1ccc(C(=O)NCC(C)C)cc1. The predicted molar refractivity (Wildman–Crippen MR) is 79.0 cm³/mol. The summed E-state index contributed by atoms with van der Waals surface area (Å²) in [5.41, 5.74) is 0.438. The molecule has 0 aliphatic carbocycles. The average molecular weight is 296 g/mol. The minimum absolute atomic E-state index is 0.125. The lowest BCUT2D eigenvalue weighted by Gasteiger charge is -2.08. The highest BCUT2D eigenvalue weighted by Crippen LogP contribution is 2.10. The third kappa shape index (κ3) is 4.79. The van der Waals surface area contributed by atoms with E-state index < -0.39 is 10.0 Å². The number of amides is 1. The van der Waals surface area contributed by atoms with Crippen molar-refractivity contribution in [3.05, 3.63) is 42.5 Å². The summed E-state index contributed by atoms with van der Waals surface area (Å²) >= 11 is 0. The molecule has 0 bridgehead atoms. The number of rotatable bonds is 7. The minimum atomic E-state index is -3.54. The van der Waals surface area contributed by atoms with Crippen LogP contribution >= 0.6 is 0 Å². The first-order valence-corrected chi connectivity index (χ1v) is 7.84. The first-order valence-electron chi connectivity index (χ1n) is 6.35. The van der Waals surface area contributed by atoms with Gasteiger partial charge in [0.1, 0.15) is 0 Å². The van der Waals surface area contributed by atoms with Crippen molar-refractivity contribution in [3.8, 4) is 0 Å². The van der Waals surface area contributed by atoms with Crippen molar-refractivity contribution in [3.63, 3.8) is 0 Å². The van der Waals surface area contributed by atoms with Gasteiger partial charge < -0.3 is 5.32 Å². The van der Waals surface area contributed by atoms with E-state index in [1.54, 1.807) is 0 Å². The van der Waals surface area contributed by atoms with Crippen LogP contribution in [0.5, 0.6) is 0 Å². The molecule has 110 valence electrons. The molecule has 0 saturated carbocycles. The van der Waals surface area contributed by atoms with Crippen molar-refractivity contribution in [2.75, 3.05) is 13.1 Å². The van der Waals surface area contributed by atoms with Crippen LogP contribution in [0.1, 0.15) is 24.2 Å². The summed E-state index contributed by atoms with van der Waals surface area (Å²) in [5.74, 6) is 0.156. The van der Waals surface area contributed by atoms with Crippen LogP contribution in [0.4, 0.5) is 0 Å². The van der Waals surface area contributed by atoms with Crippen LogP contribution in [0.25, 0.3) is 0 Å². The van der Waals surface area contributed by atoms with E-state index in [2.05, 4.69) is 16.6 Å². The van der Waals surface area contributed by atoms with Crippen molar-refractivity contribution in [2.45, 2.75) is 18.7 Å². The number of hydrogen-bond donors (Lipinski definition) is 2. The largest absolute Gasteiger partial charge is 0.352 e. The minimum Gasteiger partial charge on any atom is -0.352 e. The van der Waals surface area contributed by atoms with Gasteiger partial charge in [-0.05, 0) is 30.2 Å². The average Bonchev–Trinajstić information content (AvgIpc) is 2.42. The van der Waals surface area contributed by atoms with Crippen molar-refractivity contribution in [1.29, 1.82) is 0 Å². The molecule has 6 heteroatoms. The van der Waals surface area contributed by atoms with Crippen LogP contribution in [0, 0.1) is 5.92 Å². The molecule has 20 heavy (non-hydrogen) atoms. The number of sulfonamides is 1. The highest BCUT2D eigenvalue weighted by atomic mass is 32.2. The van der Waals surface area contributed by atoms with Gasteiger partial charge in [-0.15, -0.1) is 6.58 Å². The Morgan fingerprint density at radius 3 is 2.40 bits per heavy atom. The summed E-state index contributed by atoms with van der Waals surface area (Å²) in [4.78, 5) is 11.9. The maximum Gasteiger partial charge on any atom is 0.251 e. The highest BCUT2D eigenvalue weighted by molar-refractivity contribution is 7.89. The van der Waals surface area contributed by atoms with Crippen molar-refractivity contribution in [2.24, 2.45) is 5.92 Å². The van der Waals surface area contributed by atoms with Crippen LogP contribution in [0.2, 0.25) is 0 Å². The molecule has 0 aromatic heterocycles. The van der Waals surface area contributed by atoms with Crippen LogP contribution in [0.3, 0.4) is 0 Å². The lowest BCUT2D eigenvalue weighted by atomic mass is 10.2. The molecule has 0 unspecified atom stereocenters. The smallest absolute Gasteiger partial charge is 0.251 e. The molecular weight excluding hydrogens is 276 g/mol. The van der Waals surface area contributed by atoms with Crippen molar-refractivity contribution in [1.82, 2.24) is 10.0 Å². The van der Waals surface area contributed by atoms with Crippen LogP contribution in [-0.2, 0) is 10.0 Å². The van der Waals surface area contributed by atoms with Gasteiger partial charge in [0.15, 0.2) is 0 Å². The van der Waals surface area contributed by atoms with E-state index in [-0.39, 0.29) is 17.3 Å². The van der Waals surface area contributed by atoms with Crippen molar-refractivity contribution < 1.29 is 13.2 Å². The fourth-order valence-corrected chi connectivity index (χ4v) is 2.43. The molecule has 2 N–H and O–H groups in total. The number of benzene rings is 1. The second-order valence-electron chi connectivity index (χ2n) is 4.77. The van der Waals surface area contributed by atoms with Gasteiger partial charge in [0.25, 0.3) is 5.91 Å². The Morgan fingerprint density at radius 1 is 1.30 bits per heavy atom. The molecule has 1 aromatic carbocycles. The summed E-state index contributed by atoms with van der Waals surface area (Å²) in [5, 5.41) is 2.77. The first kappa shape index (κ1) is 16.4. The Bertz CT molecular complexity index is 563. The summed E-state index contributed by atoms with van der Waals surface area (Å²) in [6.45, 7) is 8.20. The van der Waals surface area contributed by atoms with Gasteiger partial charge in [-0.1, -0.05) is 19.9 Å². The molecule has 1 amide bonds. The second kappa shape index (κ2) is 7.21. The maximum absolute atomic E-state index is 11.8. The van der Waals surface area contributed by atoms with Crippen LogP contribution in [0.15, 0.2) is 41.8 Å². The molecule has 0 heterocycles. The van der Waals surface area contributed by atoms with Gasteiger partial charge in [0.2, 0.25) is 10.0 Å². The zero-order chi connectivity index (χ0) is 15.2.